The molecule has 0 aliphatic carbocycles. The van der Waals surface area contributed by atoms with Crippen LogP contribution >= 0.6 is 15.9 Å². The molecule has 1 fully saturated rings. The van der Waals surface area contributed by atoms with E-state index >= 15 is 0 Å². The third-order valence-electron chi connectivity index (χ3n) is 4.44. The van der Waals surface area contributed by atoms with Crippen molar-refractivity contribution in [2.45, 2.75) is 13.0 Å². The normalized spacial score (nSPS) is 17.0. The molecule has 0 saturated carbocycles. The molecule has 7 nitrogen and oxygen atoms in total. The Morgan fingerprint density at radius 1 is 1.19 bits per heavy atom. The SMILES string of the molecule is O=C(NCc1nnc2ccccn12)C1CC(=O)N(c2ccccc2Br)C1. The first-order chi connectivity index (χ1) is 12.6. The summed E-state index contributed by atoms with van der Waals surface area (Å²) in [5, 5.41) is 11.0. The molecule has 1 aliphatic rings. The van der Waals surface area contributed by atoms with E-state index in [4.69, 9.17) is 0 Å². The van der Waals surface area contributed by atoms with Gasteiger partial charge in [0.15, 0.2) is 11.5 Å². The lowest BCUT2D eigenvalue weighted by Gasteiger charge is -2.18. The molecule has 2 aromatic heterocycles. The Hall–Kier alpha value is -2.74. The van der Waals surface area contributed by atoms with E-state index in [0.29, 0.717) is 12.4 Å². The zero-order chi connectivity index (χ0) is 18.1. The summed E-state index contributed by atoms with van der Waals surface area (Å²) in [6, 6.07) is 13.1. The van der Waals surface area contributed by atoms with E-state index in [1.54, 1.807) is 4.90 Å². The Balaban J connectivity index is 1.43. The number of halogens is 1. The third kappa shape index (κ3) is 3.08. The van der Waals surface area contributed by atoms with Gasteiger partial charge in [0.05, 0.1) is 18.2 Å². The monoisotopic (exact) mass is 413 g/mol. The van der Waals surface area contributed by atoms with Crippen molar-refractivity contribution < 1.29 is 9.59 Å². The zero-order valence-corrected chi connectivity index (χ0v) is 15.4. The van der Waals surface area contributed by atoms with Crippen molar-refractivity contribution >= 4 is 39.1 Å². The first-order valence-corrected chi connectivity index (χ1v) is 9.04. The second kappa shape index (κ2) is 6.87. The summed E-state index contributed by atoms with van der Waals surface area (Å²) in [4.78, 5) is 26.5. The third-order valence-corrected chi connectivity index (χ3v) is 5.11. The van der Waals surface area contributed by atoms with Gasteiger partial charge in [-0.25, -0.2) is 0 Å². The highest BCUT2D eigenvalue weighted by Crippen LogP contribution is 2.31. The fraction of sp³-hybridized carbons (Fsp3) is 0.222. The smallest absolute Gasteiger partial charge is 0.227 e. The predicted octanol–water partition coefficient (Wildman–Crippen LogP) is 2.16. The number of amides is 2. The number of para-hydroxylation sites is 1. The molecule has 1 aromatic carbocycles. The molecule has 8 heteroatoms. The van der Waals surface area contributed by atoms with Crippen LogP contribution in [0.2, 0.25) is 0 Å². The van der Waals surface area contributed by atoms with Crippen molar-refractivity contribution in [2.75, 3.05) is 11.4 Å². The number of aromatic nitrogens is 3. The van der Waals surface area contributed by atoms with Crippen LogP contribution in [0.3, 0.4) is 0 Å². The van der Waals surface area contributed by atoms with E-state index in [-0.39, 0.29) is 30.7 Å². The fourth-order valence-electron chi connectivity index (χ4n) is 3.11. The van der Waals surface area contributed by atoms with Gasteiger partial charge in [0, 0.05) is 23.6 Å². The van der Waals surface area contributed by atoms with E-state index in [1.165, 1.54) is 0 Å². The molecule has 4 rings (SSSR count). The summed E-state index contributed by atoms with van der Waals surface area (Å²) in [5.41, 5.74) is 1.52. The first-order valence-electron chi connectivity index (χ1n) is 8.25. The average molecular weight is 414 g/mol. The minimum Gasteiger partial charge on any atom is -0.348 e. The number of hydrogen-bond donors (Lipinski definition) is 1. The average Bonchev–Trinajstić information content (AvgIpc) is 3.24. The van der Waals surface area contributed by atoms with E-state index in [0.717, 1.165) is 15.8 Å². The van der Waals surface area contributed by atoms with E-state index < -0.39 is 0 Å². The second-order valence-corrected chi connectivity index (χ2v) is 6.97. The Morgan fingerprint density at radius 3 is 2.85 bits per heavy atom. The van der Waals surface area contributed by atoms with Crippen molar-refractivity contribution in [1.29, 1.82) is 0 Å². The van der Waals surface area contributed by atoms with Crippen molar-refractivity contribution in [1.82, 2.24) is 19.9 Å². The van der Waals surface area contributed by atoms with Crippen molar-refractivity contribution in [3.8, 4) is 0 Å². The Labute approximate surface area is 158 Å². The molecule has 1 saturated heterocycles. The lowest BCUT2D eigenvalue weighted by molar-refractivity contribution is -0.126. The highest BCUT2D eigenvalue weighted by atomic mass is 79.9. The van der Waals surface area contributed by atoms with Crippen molar-refractivity contribution in [2.24, 2.45) is 5.92 Å². The van der Waals surface area contributed by atoms with Crippen LogP contribution < -0.4 is 10.2 Å². The summed E-state index contributed by atoms with van der Waals surface area (Å²) in [7, 11) is 0. The van der Waals surface area contributed by atoms with Gasteiger partial charge < -0.3 is 10.2 Å². The molecule has 0 spiro atoms. The molecule has 0 bridgehead atoms. The van der Waals surface area contributed by atoms with Gasteiger partial charge in [-0.2, -0.15) is 0 Å². The highest BCUT2D eigenvalue weighted by Gasteiger charge is 2.35. The van der Waals surface area contributed by atoms with E-state index in [9.17, 15) is 9.59 Å². The summed E-state index contributed by atoms with van der Waals surface area (Å²) < 4.78 is 2.66. The molecule has 1 N–H and O–H groups in total. The Bertz CT molecular complexity index is 986. The minimum absolute atomic E-state index is 0.0509. The summed E-state index contributed by atoms with van der Waals surface area (Å²) >= 11 is 3.46. The highest BCUT2D eigenvalue weighted by molar-refractivity contribution is 9.10. The van der Waals surface area contributed by atoms with Crippen LogP contribution in [0, 0.1) is 5.92 Å². The summed E-state index contributed by atoms with van der Waals surface area (Å²) in [6.07, 6.45) is 2.05. The maximum atomic E-state index is 12.5. The van der Waals surface area contributed by atoms with E-state index in [2.05, 4.69) is 31.4 Å². The van der Waals surface area contributed by atoms with Crippen molar-refractivity contribution in [3.63, 3.8) is 0 Å². The minimum atomic E-state index is -0.381. The standard InChI is InChI=1S/C18H16BrN5O2/c19-13-5-1-2-6-14(13)24-11-12(9-17(24)25)18(26)20-10-16-22-21-15-7-3-4-8-23(15)16/h1-8,12H,9-11H2,(H,20,26). The molecule has 3 heterocycles. The molecule has 132 valence electrons. The maximum Gasteiger partial charge on any atom is 0.227 e. The van der Waals surface area contributed by atoms with Crippen LogP contribution in [-0.4, -0.2) is 33.0 Å². The maximum absolute atomic E-state index is 12.5. The molecule has 3 aromatic rings. The number of rotatable bonds is 4. The van der Waals surface area contributed by atoms with Crippen LogP contribution in [0.5, 0.6) is 0 Å². The van der Waals surface area contributed by atoms with Gasteiger partial charge in [-0.3, -0.25) is 14.0 Å². The number of anilines is 1. The number of carbonyl (C=O) groups excluding carboxylic acids is 2. The fourth-order valence-corrected chi connectivity index (χ4v) is 3.61. The van der Waals surface area contributed by atoms with Gasteiger partial charge >= 0.3 is 0 Å². The predicted molar refractivity (Wildman–Crippen MR) is 99.4 cm³/mol. The number of carbonyl (C=O) groups is 2. The van der Waals surface area contributed by atoms with Crippen LogP contribution in [0.15, 0.2) is 53.1 Å². The molecule has 1 atom stereocenters. The van der Waals surface area contributed by atoms with Crippen LogP contribution in [0.25, 0.3) is 5.65 Å². The molecule has 1 aliphatic heterocycles. The topological polar surface area (TPSA) is 79.6 Å². The van der Waals surface area contributed by atoms with Gasteiger partial charge in [-0.15, -0.1) is 10.2 Å². The lowest BCUT2D eigenvalue weighted by atomic mass is 10.1. The molecule has 2 amide bonds. The summed E-state index contributed by atoms with van der Waals surface area (Å²) in [6.45, 7) is 0.637. The number of pyridine rings is 1. The van der Waals surface area contributed by atoms with Crippen LogP contribution in [0.1, 0.15) is 12.2 Å². The van der Waals surface area contributed by atoms with Gasteiger partial charge in [0.1, 0.15) is 0 Å². The molecular weight excluding hydrogens is 398 g/mol. The van der Waals surface area contributed by atoms with Crippen molar-refractivity contribution in [3.05, 3.63) is 59.0 Å². The Kier molecular flexibility index (Phi) is 4.42. The second-order valence-electron chi connectivity index (χ2n) is 6.12. The summed E-state index contributed by atoms with van der Waals surface area (Å²) in [5.74, 6) is 0.0697. The van der Waals surface area contributed by atoms with E-state index in [1.807, 2.05) is 53.1 Å². The first kappa shape index (κ1) is 16.7. The quantitative estimate of drug-likeness (QED) is 0.710. The number of fused-ring (bicyclic) bond motifs is 1. The van der Waals surface area contributed by atoms with Gasteiger partial charge in [0.2, 0.25) is 11.8 Å². The van der Waals surface area contributed by atoms with Gasteiger partial charge in [-0.05, 0) is 40.2 Å². The largest absolute Gasteiger partial charge is 0.348 e. The van der Waals surface area contributed by atoms with Gasteiger partial charge in [0.25, 0.3) is 0 Å². The number of nitrogens with one attached hydrogen (secondary N) is 1. The van der Waals surface area contributed by atoms with Crippen LogP contribution in [0.4, 0.5) is 5.69 Å². The Morgan fingerprint density at radius 2 is 2.00 bits per heavy atom. The molecule has 26 heavy (non-hydrogen) atoms. The lowest BCUT2D eigenvalue weighted by Crippen LogP contribution is -2.33. The molecule has 0 radical (unpaired) electrons. The number of benzene rings is 1. The molecular formula is C18H16BrN5O2. The number of nitrogens with zero attached hydrogens (tertiary/aromatic N) is 4. The zero-order valence-electron chi connectivity index (χ0n) is 13.8. The molecule has 1 unspecified atom stereocenters. The van der Waals surface area contributed by atoms with Gasteiger partial charge in [-0.1, -0.05) is 18.2 Å². The van der Waals surface area contributed by atoms with Crippen LogP contribution in [-0.2, 0) is 16.1 Å². The number of hydrogen-bond acceptors (Lipinski definition) is 4.